The summed E-state index contributed by atoms with van der Waals surface area (Å²) >= 11 is 6.25. The lowest BCUT2D eigenvalue weighted by atomic mass is 10.0. The predicted octanol–water partition coefficient (Wildman–Crippen LogP) is 4.45. The molecule has 21 heavy (non-hydrogen) atoms. The van der Waals surface area contributed by atoms with Crippen molar-refractivity contribution in [3.05, 3.63) is 58.9 Å². The lowest BCUT2D eigenvalue weighted by molar-refractivity contribution is 0.399. The zero-order chi connectivity index (χ0) is 15.6. The Morgan fingerprint density at radius 1 is 0.952 bits per heavy atom. The Balaban J connectivity index is 2.51. The maximum atomic E-state index is 13.3. The lowest BCUT2D eigenvalue weighted by Crippen LogP contribution is -2.01. The van der Waals surface area contributed by atoms with Crippen LogP contribution in [0.4, 0.5) is 13.2 Å². The summed E-state index contributed by atoms with van der Waals surface area (Å²) in [6.45, 7) is 0. The van der Waals surface area contributed by atoms with E-state index in [1.807, 2.05) is 0 Å². The Morgan fingerprint density at radius 2 is 1.57 bits per heavy atom. The molecule has 0 N–H and O–H groups in total. The van der Waals surface area contributed by atoms with Crippen molar-refractivity contribution in [3.63, 3.8) is 0 Å². The summed E-state index contributed by atoms with van der Waals surface area (Å²) in [7, 11) is 2.92. The summed E-state index contributed by atoms with van der Waals surface area (Å²) in [4.78, 5) is 0. The van der Waals surface area contributed by atoms with Crippen LogP contribution in [0.15, 0.2) is 30.3 Å². The smallest absolute Gasteiger partial charge is 0.194 e. The van der Waals surface area contributed by atoms with Gasteiger partial charge in [0.25, 0.3) is 0 Å². The SMILES string of the molecule is COc1ccc(OC)c(C(Cl)c2cc(F)c(F)c(F)c2)c1. The molecule has 0 heterocycles. The van der Waals surface area contributed by atoms with Gasteiger partial charge in [0.2, 0.25) is 0 Å². The minimum atomic E-state index is -1.53. The molecule has 0 saturated heterocycles. The topological polar surface area (TPSA) is 18.5 Å². The summed E-state index contributed by atoms with van der Waals surface area (Å²) in [5.41, 5.74) is 0.545. The number of methoxy groups -OCH3 is 2. The molecule has 0 aliphatic heterocycles. The quantitative estimate of drug-likeness (QED) is 0.613. The van der Waals surface area contributed by atoms with Crippen molar-refractivity contribution in [1.29, 1.82) is 0 Å². The highest BCUT2D eigenvalue weighted by Crippen LogP contribution is 2.38. The van der Waals surface area contributed by atoms with Crippen LogP contribution in [0.2, 0.25) is 0 Å². The van der Waals surface area contributed by atoms with Gasteiger partial charge in [0, 0.05) is 5.56 Å². The van der Waals surface area contributed by atoms with Crippen LogP contribution in [0.3, 0.4) is 0 Å². The highest BCUT2D eigenvalue weighted by atomic mass is 35.5. The molecular formula is C15H12ClF3O2. The van der Waals surface area contributed by atoms with Crippen LogP contribution in [0.5, 0.6) is 11.5 Å². The van der Waals surface area contributed by atoms with E-state index in [1.165, 1.54) is 14.2 Å². The van der Waals surface area contributed by atoms with Gasteiger partial charge in [-0.3, -0.25) is 0 Å². The first-order chi connectivity index (χ1) is 9.97. The van der Waals surface area contributed by atoms with Crippen LogP contribution in [0.25, 0.3) is 0 Å². The molecule has 0 spiro atoms. The highest BCUT2D eigenvalue weighted by Gasteiger charge is 2.20. The van der Waals surface area contributed by atoms with Crippen LogP contribution in [0, 0.1) is 17.5 Å². The summed E-state index contributed by atoms with van der Waals surface area (Å²) in [5, 5.41) is -0.917. The van der Waals surface area contributed by atoms with Crippen molar-refractivity contribution in [2.75, 3.05) is 14.2 Å². The van der Waals surface area contributed by atoms with Gasteiger partial charge in [-0.05, 0) is 35.9 Å². The molecule has 0 radical (unpaired) electrons. The number of hydrogen-bond donors (Lipinski definition) is 0. The van der Waals surface area contributed by atoms with Gasteiger partial charge in [0.05, 0.1) is 19.6 Å². The molecule has 2 rings (SSSR count). The number of halogens is 4. The van der Waals surface area contributed by atoms with Gasteiger partial charge in [0.15, 0.2) is 17.5 Å². The van der Waals surface area contributed by atoms with Crippen LogP contribution < -0.4 is 9.47 Å². The van der Waals surface area contributed by atoms with Crippen molar-refractivity contribution in [2.45, 2.75) is 5.38 Å². The van der Waals surface area contributed by atoms with E-state index in [2.05, 4.69) is 0 Å². The van der Waals surface area contributed by atoms with Crippen molar-refractivity contribution >= 4 is 11.6 Å². The summed E-state index contributed by atoms with van der Waals surface area (Å²) in [6, 6.07) is 6.59. The van der Waals surface area contributed by atoms with Crippen LogP contribution in [0.1, 0.15) is 16.5 Å². The van der Waals surface area contributed by atoms with Gasteiger partial charge in [-0.2, -0.15) is 0 Å². The number of hydrogen-bond acceptors (Lipinski definition) is 2. The Hall–Kier alpha value is -1.88. The van der Waals surface area contributed by atoms with Gasteiger partial charge >= 0.3 is 0 Å². The molecule has 1 unspecified atom stereocenters. The zero-order valence-corrected chi connectivity index (χ0v) is 12.0. The molecule has 0 aromatic heterocycles. The fraction of sp³-hybridized carbons (Fsp3) is 0.200. The van der Waals surface area contributed by atoms with E-state index in [9.17, 15) is 13.2 Å². The van der Waals surface area contributed by atoms with E-state index in [0.29, 0.717) is 17.1 Å². The molecule has 0 amide bonds. The fourth-order valence-corrected chi connectivity index (χ4v) is 2.24. The van der Waals surface area contributed by atoms with Crippen LogP contribution >= 0.6 is 11.6 Å². The molecule has 0 aliphatic rings. The van der Waals surface area contributed by atoms with Crippen molar-refractivity contribution < 1.29 is 22.6 Å². The first-order valence-electron chi connectivity index (χ1n) is 5.98. The third kappa shape index (κ3) is 3.08. The molecule has 2 nitrogen and oxygen atoms in total. The zero-order valence-electron chi connectivity index (χ0n) is 11.3. The Bertz CT molecular complexity index is 638. The predicted molar refractivity (Wildman–Crippen MR) is 73.6 cm³/mol. The van der Waals surface area contributed by atoms with E-state index in [4.69, 9.17) is 21.1 Å². The molecule has 0 aliphatic carbocycles. The second-order valence-corrected chi connectivity index (χ2v) is 4.71. The Labute approximate surface area is 125 Å². The monoisotopic (exact) mass is 316 g/mol. The number of benzene rings is 2. The van der Waals surface area contributed by atoms with Crippen molar-refractivity contribution in [2.24, 2.45) is 0 Å². The van der Waals surface area contributed by atoms with E-state index in [0.717, 1.165) is 12.1 Å². The molecule has 112 valence electrons. The third-order valence-corrected chi connectivity index (χ3v) is 3.50. The first kappa shape index (κ1) is 15.5. The average Bonchev–Trinajstić information content (AvgIpc) is 2.50. The second-order valence-electron chi connectivity index (χ2n) is 4.27. The van der Waals surface area contributed by atoms with Gasteiger partial charge in [-0.25, -0.2) is 13.2 Å². The first-order valence-corrected chi connectivity index (χ1v) is 6.42. The van der Waals surface area contributed by atoms with Crippen LogP contribution in [-0.2, 0) is 0 Å². The number of alkyl halides is 1. The summed E-state index contributed by atoms with van der Waals surface area (Å²) in [6.07, 6.45) is 0. The van der Waals surface area contributed by atoms with E-state index >= 15 is 0 Å². The van der Waals surface area contributed by atoms with Gasteiger partial charge in [-0.1, -0.05) is 0 Å². The number of rotatable bonds is 4. The maximum Gasteiger partial charge on any atom is 0.194 e. The van der Waals surface area contributed by atoms with Gasteiger partial charge in [0.1, 0.15) is 11.5 Å². The molecule has 0 bridgehead atoms. The standard InChI is InChI=1S/C15H12ClF3O2/c1-20-9-3-4-13(21-2)10(7-9)14(16)8-5-11(17)15(19)12(18)6-8/h3-7,14H,1-2H3. The highest BCUT2D eigenvalue weighted by molar-refractivity contribution is 6.22. The van der Waals surface area contributed by atoms with Crippen molar-refractivity contribution in [3.8, 4) is 11.5 Å². The second kappa shape index (κ2) is 6.26. The Kier molecular flexibility index (Phi) is 4.63. The summed E-state index contributed by atoms with van der Waals surface area (Å²) < 4.78 is 49.9. The maximum absolute atomic E-state index is 13.3. The molecule has 0 saturated carbocycles. The Morgan fingerprint density at radius 3 is 2.10 bits per heavy atom. The number of ether oxygens (including phenoxy) is 2. The largest absolute Gasteiger partial charge is 0.497 e. The molecule has 0 fully saturated rings. The normalized spacial score (nSPS) is 12.1. The van der Waals surface area contributed by atoms with E-state index in [-0.39, 0.29) is 5.56 Å². The summed E-state index contributed by atoms with van der Waals surface area (Å²) in [5.74, 6) is -3.17. The van der Waals surface area contributed by atoms with Crippen molar-refractivity contribution in [1.82, 2.24) is 0 Å². The van der Waals surface area contributed by atoms with Gasteiger partial charge in [-0.15, -0.1) is 11.6 Å². The minimum absolute atomic E-state index is 0.0830. The molecule has 2 aromatic carbocycles. The molecule has 2 aromatic rings. The fourth-order valence-electron chi connectivity index (χ4n) is 1.94. The average molecular weight is 317 g/mol. The minimum Gasteiger partial charge on any atom is -0.497 e. The van der Waals surface area contributed by atoms with E-state index < -0.39 is 22.8 Å². The van der Waals surface area contributed by atoms with Crippen LogP contribution in [-0.4, -0.2) is 14.2 Å². The molecule has 1 atom stereocenters. The molecule has 6 heteroatoms. The third-order valence-electron chi connectivity index (χ3n) is 3.01. The van der Waals surface area contributed by atoms with Gasteiger partial charge < -0.3 is 9.47 Å². The molecular weight excluding hydrogens is 305 g/mol. The lowest BCUT2D eigenvalue weighted by Gasteiger charge is -2.16. The van der Waals surface area contributed by atoms with E-state index in [1.54, 1.807) is 18.2 Å².